The lowest BCUT2D eigenvalue weighted by Crippen LogP contribution is -2.09. The maximum atomic E-state index is 11.4. The summed E-state index contributed by atoms with van der Waals surface area (Å²) in [6.45, 7) is 0.574. The van der Waals surface area contributed by atoms with Gasteiger partial charge in [0.05, 0.1) is 18.4 Å². The molecule has 90 valence electrons. The van der Waals surface area contributed by atoms with Crippen molar-refractivity contribution < 1.29 is 9.53 Å². The van der Waals surface area contributed by atoms with E-state index in [9.17, 15) is 4.79 Å². The zero-order valence-corrected chi connectivity index (χ0v) is 10.3. The predicted octanol–water partition coefficient (Wildman–Crippen LogP) is 1.49. The molecular formula is C11H12ClN3O2. The molecule has 0 aromatic carbocycles. The van der Waals surface area contributed by atoms with Crippen molar-refractivity contribution in [1.29, 1.82) is 0 Å². The van der Waals surface area contributed by atoms with Gasteiger partial charge in [0.2, 0.25) is 0 Å². The number of ether oxygens (including phenoxy) is 1. The van der Waals surface area contributed by atoms with E-state index in [1.807, 2.05) is 7.05 Å². The highest BCUT2D eigenvalue weighted by molar-refractivity contribution is 6.30. The van der Waals surface area contributed by atoms with E-state index in [0.29, 0.717) is 22.9 Å². The summed E-state index contributed by atoms with van der Waals surface area (Å²) < 4.78 is 6.45. The Morgan fingerprint density at radius 2 is 2.35 bits per heavy atom. The Bertz CT molecular complexity index is 565. The molecule has 0 atom stereocenters. The van der Waals surface area contributed by atoms with Gasteiger partial charge in [-0.15, -0.1) is 0 Å². The van der Waals surface area contributed by atoms with Gasteiger partial charge in [-0.25, -0.2) is 9.78 Å². The van der Waals surface area contributed by atoms with E-state index in [1.165, 1.54) is 7.11 Å². The minimum absolute atomic E-state index is 0.382. The number of carbonyl (C=O) groups excluding carboxylic acids is 1. The lowest BCUT2D eigenvalue weighted by atomic mass is 10.3. The van der Waals surface area contributed by atoms with Crippen molar-refractivity contribution >= 4 is 23.2 Å². The van der Waals surface area contributed by atoms with E-state index in [-0.39, 0.29) is 5.97 Å². The van der Waals surface area contributed by atoms with Crippen molar-refractivity contribution in [1.82, 2.24) is 14.7 Å². The van der Waals surface area contributed by atoms with Crippen LogP contribution in [0.3, 0.4) is 0 Å². The molecule has 0 amide bonds. The third kappa shape index (κ3) is 2.11. The summed E-state index contributed by atoms with van der Waals surface area (Å²) >= 11 is 6.02. The summed E-state index contributed by atoms with van der Waals surface area (Å²) in [5.74, 6) is -0.382. The molecule has 2 rings (SSSR count). The SMILES string of the molecule is CNCc1c(Cl)nc2ccc(C(=O)OC)cn12. The van der Waals surface area contributed by atoms with E-state index in [1.54, 1.807) is 22.7 Å². The number of nitrogens with one attached hydrogen (secondary N) is 1. The summed E-state index contributed by atoms with van der Waals surface area (Å²) in [5.41, 5.74) is 1.98. The van der Waals surface area contributed by atoms with Crippen LogP contribution >= 0.6 is 11.6 Å². The summed E-state index contributed by atoms with van der Waals surface area (Å²) in [6.07, 6.45) is 1.67. The topological polar surface area (TPSA) is 55.6 Å². The van der Waals surface area contributed by atoms with E-state index in [2.05, 4.69) is 15.0 Å². The van der Waals surface area contributed by atoms with Crippen LogP contribution in [0, 0.1) is 0 Å². The number of halogens is 1. The van der Waals surface area contributed by atoms with Gasteiger partial charge in [-0.1, -0.05) is 11.6 Å². The van der Waals surface area contributed by atoms with Gasteiger partial charge in [0, 0.05) is 12.7 Å². The smallest absolute Gasteiger partial charge is 0.339 e. The Labute approximate surface area is 103 Å². The molecule has 0 fully saturated rings. The van der Waals surface area contributed by atoms with Crippen LogP contribution in [-0.4, -0.2) is 29.5 Å². The molecular weight excluding hydrogens is 242 g/mol. The number of aromatic nitrogens is 2. The third-order valence-corrected chi connectivity index (χ3v) is 2.74. The van der Waals surface area contributed by atoms with Gasteiger partial charge in [-0.05, 0) is 19.2 Å². The monoisotopic (exact) mass is 253 g/mol. The second kappa shape index (κ2) is 4.73. The van der Waals surface area contributed by atoms with Gasteiger partial charge in [0.1, 0.15) is 5.65 Å². The lowest BCUT2D eigenvalue weighted by molar-refractivity contribution is 0.0600. The zero-order chi connectivity index (χ0) is 12.4. The Balaban J connectivity index is 2.57. The van der Waals surface area contributed by atoms with Crippen LogP contribution < -0.4 is 5.32 Å². The van der Waals surface area contributed by atoms with Gasteiger partial charge >= 0.3 is 5.97 Å². The van der Waals surface area contributed by atoms with Crippen LogP contribution in [0.2, 0.25) is 5.15 Å². The second-order valence-corrected chi connectivity index (χ2v) is 3.88. The number of pyridine rings is 1. The van der Waals surface area contributed by atoms with Crippen molar-refractivity contribution in [2.75, 3.05) is 14.2 Å². The summed E-state index contributed by atoms with van der Waals surface area (Å²) in [5, 5.41) is 3.44. The van der Waals surface area contributed by atoms with Crippen LogP contribution in [0.5, 0.6) is 0 Å². The minimum atomic E-state index is -0.382. The normalized spacial score (nSPS) is 10.8. The fraction of sp³-hybridized carbons (Fsp3) is 0.273. The predicted molar refractivity (Wildman–Crippen MR) is 64.3 cm³/mol. The average molecular weight is 254 g/mol. The van der Waals surface area contributed by atoms with Gasteiger partial charge in [-0.3, -0.25) is 0 Å². The van der Waals surface area contributed by atoms with Crippen LogP contribution in [0.1, 0.15) is 16.1 Å². The molecule has 6 heteroatoms. The molecule has 0 aliphatic carbocycles. The van der Waals surface area contributed by atoms with Crippen molar-refractivity contribution in [3.05, 3.63) is 34.7 Å². The average Bonchev–Trinajstić information content (AvgIpc) is 2.65. The molecule has 0 radical (unpaired) electrons. The minimum Gasteiger partial charge on any atom is -0.465 e. The highest BCUT2D eigenvalue weighted by Gasteiger charge is 2.12. The Hall–Kier alpha value is -1.59. The van der Waals surface area contributed by atoms with Gasteiger partial charge < -0.3 is 14.5 Å². The fourth-order valence-electron chi connectivity index (χ4n) is 1.63. The summed E-state index contributed by atoms with van der Waals surface area (Å²) in [7, 11) is 3.17. The lowest BCUT2D eigenvalue weighted by Gasteiger charge is -2.03. The highest BCUT2D eigenvalue weighted by Crippen LogP contribution is 2.18. The Kier molecular flexibility index (Phi) is 3.31. The van der Waals surface area contributed by atoms with Crippen molar-refractivity contribution in [2.24, 2.45) is 0 Å². The first kappa shape index (κ1) is 11.9. The van der Waals surface area contributed by atoms with Gasteiger partial charge in [0.25, 0.3) is 0 Å². The zero-order valence-electron chi connectivity index (χ0n) is 9.53. The van der Waals surface area contributed by atoms with E-state index < -0.39 is 0 Å². The Morgan fingerprint density at radius 1 is 1.59 bits per heavy atom. The molecule has 2 aromatic heterocycles. The third-order valence-electron chi connectivity index (χ3n) is 2.43. The maximum absolute atomic E-state index is 11.4. The number of hydrogen-bond acceptors (Lipinski definition) is 4. The number of imidazole rings is 1. The molecule has 17 heavy (non-hydrogen) atoms. The van der Waals surface area contributed by atoms with E-state index >= 15 is 0 Å². The molecule has 0 unspecified atom stereocenters. The van der Waals surface area contributed by atoms with E-state index in [4.69, 9.17) is 11.6 Å². The molecule has 0 aliphatic heterocycles. The first-order chi connectivity index (χ1) is 8.17. The number of esters is 1. The second-order valence-electron chi connectivity index (χ2n) is 3.52. The van der Waals surface area contributed by atoms with Gasteiger partial charge in [0.15, 0.2) is 5.15 Å². The molecule has 5 nitrogen and oxygen atoms in total. The standard InChI is InChI=1S/C11H12ClN3O2/c1-13-5-8-10(12)14-9-4-3-7(6-15(8)9)11(16)17-2/h3-4,6,13H,5H2,1-2H3. The molecule has 0 aliphatic rings. The summed E-state index contributed by atoms with van der Waals surface area (Å²) in [4.78, 5) is 15.6. The number of rotatable bonds is 3. The van der Waals surface area contributed by atoms with Crippen LogP contribution in [0.25, 0.3) is 5.65 Å². The van der Waals surface area contributed by atoms with Crippen LogP contribution in [-0.2, 0) is 11.3 Å². The quantitative estimate of drug-likeness (QED) is 0.843. The number of carbonyl (C=O) groups is 1. The fourth-order valence-corrected chi connectivity index (χ4v) is 1.87. The van der Waals surface area contributed by atoms with E-state index in [0.717, 1.165) is 5.69 Å². The van der Waals surface area contributed by atoms with Crippen molar-refractivity contribution in [3.8, 4) is 0 Å². The first-order valence-electron chi connectivity index (χ1n) is 5.06. The highest BCUT2D eigenvalue weighted by atomic mass is 35.5. The molecule has 0 saturated carbocycles. The number of fused-ring (bicyclic) bond motifs is 1. The molecule has 2 heterocycles. The van der Waals surface area contributed by atoms with Crippen molar-refractivity contribution in [2.45, 2.75) is 6.54 Å². The molecule has 2 aromatic rings. The maximum Gasteiger partial charge on any atom is 0.339 e. The number of hydrogen-bond donors (Lipinski definition) is 1. The first-order valence-corrected chi connectivity index (χ1v) is 5.44. The van der Waals surface area contributed by atoms with Crippen LogP contribution in [0.15, 0.2) is 18.3 Å². The molecule has 0 spiro atoms. The molecule has 0 bridgehead atoms. The molecule has 0 saturated heterocycles. The van der Waals surface area contributed by atoms with Gasteiger partial charge in [-0.2, -0.15) is 0 Å². The summed E-state index contributed by atoms with van der Waals surface area (Å²) in [6, 6.07) is 3.39. The number of nitrogens with zero attached hydrogens (tertiary/aromatic N) is 2. The number of methoxy groups -OCH3 is 1. The largest absolute Gasteiger partial charge is 0.465 e. The van der Waals surface area contributed by atoms with Crippen molar-refractivity contribution in [3.63, 3.8) is 0 Å². The van der Waals surface area contributed by atoms with Crippen LogP contribution in [0.4, 0.5) is 0 Å². The molecule has 1 N–H and O–H groups in total. The Morgan fingerprint density at radius 3 is 3.00 bits per heavy atom.